The molecule has 2 aromatic carbocycles. The fourth-order valence-electron chi connectivity index (χ4n) is 5.53. The molecule has 6 heteroatoms. The summed E-state index contributed by atoms with van der Waals surface area (Å²) in [6, 6.07) is 8.86. The lowest BCUT2D eigenvalue weighted by molar-refractivity contribution is -0.0348. The zero-order valence-corrected chi connectivity index (χ0v) is 18.0. The van der Waals surface area contributed by atoms with E-state index in [0.717, 1.165) is 62.2 Å². The molecule has 164 valence electrons. The molecule has 3 aliphatic heterocycles. The highest BCUT2D eigenvalue weighted by molar-refractivity contribution is 5.70. The van der Waals surface area contributed by atoms with E-state index in [9.17, 15) is 13.6 Å². The molecule has 3 saturated heterocycles. The van der Waals surface area contributed by atoms with E-state index in [2.05, 4.69) is 24.1 Å². The predicted octanol–water partition coefficient (Wildman–Crippen LogP) is 5.08. The summed E-state index contributed by atoms with van der Waals surface area (Å²) in [6.45, 7) is 7.21. The lowest BCUT2D eigenvalue weighted by Crippen LogP contribution is -2.53. The Balaban J connectivity index is 1.38. The number of alkyl carbamates (subject to hydrolysis) is 1. The molecular formula is C25H28F2N2O2. The Kier molecular flexibility index (Phi) is 5.00. The Morgan fingerprint density at radius 3 is 2.61 bits per heavy atom. The zero-order chi connectivity index (χ0) is 21.8. The van der Waals surface area contributed by atoms with Crippen molar-refractivity contribution in [2.75, 3.05) is 19.6 Å². The molecule has 0 aromatic heterocycles. The van der Waals surface area contributed by atoms with Crippen molar-refractivity contribution < 1.29 is 18.3 Å². The molecule has 0 spiro atoms. The Morgan fingerprint density at radius 1 is 1.13 bits per heavy atom. The molecule has 1 aliphatic carbocycles. The van der Waals surface area contributed by atoms with Gasteiger partial charge in [-0.2, -0.15) is 0 Å². The number of carbonyl (C=O) groups excluding carboxylic acids is 1. The number of nitrogens with one attached hydrogen (secondary N) is 1. The number of fused-ring (bicyclic) bond motifs is 4. The van der Waals surface area contributed by atoms with Crippen LogP contribution < -0.4 is 5.32 Å². The monoisotopic (exact) mass is 426 g/mol. The Labute approximate surface area is 181 Å². The molecule has 1 amide bonds. The van der Waals surface area contributed by atoms with Crippen molar-refractivity contribution in [1.82, 2.24) is 10.2 Å². The van der Waals surface area contributed by atoms with Gasteiger partial charge in [0.25, 0.3) is 0 Å². The second kappa shape index (κ2) is 7.59. The first-order valence-corrected chi connectivity index (χ1v) is 11.1. The summed E-state index contributed by atoms with van der Waals surface area (Å²) in [5.74, 6) is -0.500. The molecule has 4 nitrogen and oxygen atoms in total. The van der Waals surface area contributed by atoms with Gasteiger partial charge in [-0.15, -0.1) is 0 Å². The molecule has 2 atom stereocenters. The normalized spacial score (nSPS) is 28.3. The first-order valence-electron chi connectivity index (χ1n) is 11.1. The lowest BCUT2D eigenvalue weighted by Gasteiger charge is -2.44. The average molecular weight is 427 g/mol. The Bertz CT molecular complexity index is 1010. The van der Waals surface area contributed by atoms with Crippen LogP contribution in [0.15, 0.2) is 36.4 Å². The van der Waals surface area contributed by atoms with Gasteiger partial charge in [0.2, 0.25) is 0 Å². The van der Waals surface area contributed by atoms with Crippen LogP contribution in [0.1, 0.15) is 43.9 Å². The number of ether oxygens (including phenoxy) is 1. The van der Waals surface area contributed by atoms with Crippen LogP contribution in [0.4, 0.5) is 13.6 Å². The molecule has 2 bridgehead atoms. The van der Waals surface area contributed by atoms with E-state index in [4.69, 9.17) is 4.74 Å². The standard InChI is InChI=1S/C25H28F2N2O2/c1-25(2)13-17-4-3-16(19-12-18(26)5-6-21(19)27)11-20(17)23(25)28-24(30)31-22-14-29-9-7-15(22)8-10-29/h3-6,11-12,15,22-23H,7-10,13-14H2,1-2H3,(H,28,30)/t22-,23?/m1/s1. The van der Waals surface area contributed by atoms with Gasteiger partial charge in [0.1, 0.15) is 17.7 Å². The van der Waals surface area contributed by atoms with Crippen molar-refractivity contribution in [2.45, 2.75) is 45.3 Å². The smallest absolute Gasteiger partial charge is 0.407 e. The second-order valence-corrected chi connectivity index (χ2v) is 9.86. The number of piperidine rings is 3. The van der Waals surface area contributed by atoms with E-state index in [0.29, 0.717) is 11.5 Å². The topological polar surface area (TPSA) is 41.6 Å². The summed E-state index contributed by atoms with van der Waals surface area (Å²) in [7, 11) is 0. The number of carbonyl (C=O) groups is 1. The van der Waals surface area contributed by atoms with Gasteiger partial charge in [-0.1, -0.05) is 26.0 Å². The first kappa shape index (κ1) is 20.4. The van der Waals surface area contributed by atoms with Crippen molar-refractivity contribution >= 4 is 6.09 Å². The molecule has 4 aliphatic rings. The van der Waals surface area contributed by atoms with Crippen LogP contribution in [0, 0.1) is 23.0 Å². The van der Waals surface area contributed by atoms with E-state index < -0.39 is 17.7 Å². The molecule has 1 N–H and O–H groups in total. The highest BCUT2D eigenvalue weighted by atomic mass is 19.1. The van der Waals surface area contributed by atoms with Crippen LogP contribution >= 0.6 is 0 Å². The molecular weight excluding hydrogens is 398 g/mol. The Morgan fingerprint density at radius 2 is 1.90 bits per heavy atom. The zero-order valence-electron chi connectivity index (χ0n) is 18.0. The van der Waals surface area contributed by atoms with Crippen LogP contribution in [0.25, 0.3) is 11.1 Å². The fraction of sp³-hybridized carbons (Fsp3) is 0.480. The van der Waals surface area contributed by atoms with E-state index in [1.54, 1.807) is 0 Å². The van der Waals surface area contributed by atoms with E-state index >= 15 is 0 Å². The summed E-state index contributed by atoms with van der Waals surface area (Å²) >= 11 is 0. The van der Waals surface area contributed by atoms with Gasteiger partial charge in [-0.3, -0.25) is 4.90 Å². The third kappa shape index (κ3) is 3.82. The molecule has 1 unspecified atom stereocenters. The van der Waals surface area contributed by atoms with E-state index in [1.807, 2.05) is 18.2 Å². The summed E-state index contributed by atoms with van der Waals surface area (Å²) in [5, 5.41) is 3.09. The molecule has 3 fully saturated rings. The number of amides is 1. The van der Waals surface area contributed by atoms with Gasteiger partial charge in [-0.05, 0) is 84.6 Å². The lowest BCUT2D eigenvalue weighted by atomic mass is 9.85. The summed E-state index contributed by atoms with van der Waals surface area (Å²) < 4.78 is 33.9. The minimum atomic E-state index is -0.479. The SMILES string of the molecule is CC1(C)Cc2ccc(-c3cc(F)ccc3F)cc2C1NC(=O)O[C@@H]1CN2CCC1CC2. The second-order valence-electron chi connectivity index (χ2n) is 9.86. The third-order valence-corrected chi connectivity index (χ3v) is 7.24. The number of hydrogen-bond donors (Lipinski definition) is 1. The highest BCUT2D eigenvalue weighted by Gasteiger charge is 2.42. The number of halogens is 2. The molecule has 0 radical (unpaired) electrons. The molecule has 31 heavy (non-hydrogen) atoms. The quantitative estimate of drug-likeness (QED) is 0.745. The average Bonchev–Trinajstić information content (AvgIpc) is 2.99. The van der Waals surface area contributed by atoms with Crippen LogP contribution in [-0.4, -0.2) is 36.7 Å². The van der Waals surface area contributed by atoms with Gasteiger partial charge < -0.3 is 10.1 Å². The Hall–Kier alpha value is -2.47. The fourth-order valence-corrected chi connectivity index (χ4v) is 5.53. The maximum absolute atomic E-state index is 14.3. The van der Waals surface area contributed by atoms with Crippen molar-refractivity contribution in [3.63, 3.8) is 0 Å². The summed E-state index contributed by atoms with van der Waals surface area (Å²) in [4.78, 5) is 15.2. The summed E-state index contributed by atoms with van der Waals surface area (Å²) in [6.07, 6.45) is 2.50. The van der Waals surface area contributed by atoms with Crippen LogP contribution in [0.3, 0.4) is 0 Å². The van der Waals surface area contributed by atoms with Crippen LogP contribution in [0.5, 0.6) is 0 Å². The maximum Gasteiger partial charge on any atom is 0.407 e. The predicted molar refractivity (Wildman–Crippen MR) is 115 cm³/mol. The van der Waals surface area contributed by atoms with E-state index in [-0.39, 0.29) is 23.1 Å². The van der Waals surface area contributed by atoms with Gasteiger partial charge >= 0.3 is 6.09 Å². The summed E-state index contributed by atoms with van der Waals surface area (Å²) in [5.41, 5.74) is 2.66. The van der Waals surface area contributed by atoms with Crippen molar-refractivity contribution in [2.24, 2.45) is 11.3 Å². The largest absolute Gasteiger partial charge is 0.445 e. The van der Waals surface area contributed by atoms with Gasteiger partial charge in [0.05, 0.1) is 6.04 Å². The molecule has 0 saturated carbocycles. The van der Waals surface area contributed by atoms with Crippen molar-refractivity contribution in [1.29, 1.82) is 0 Å². The molecule has 2 aromatic rings. The number of hydrogen-bond acceptors (Lipinski definition) is 3. The van der Waals surface area contributed by atoms with Crippen LogP contribution in [0.2, 0.25) is 0 Å². The van der Waals surface area contributed by atoms with Gasteiger partial charge in [-0.25, -0.2) is 13.6 Å². The first-order chi connectivity index (χ1) is 14.8. The van der Waals surface area contributed by atoms with Gasteiger partial charge in [0, 0.05) is 12.1 Å². The van der Waals surface area contributed by atoms with Crippen LogP contribution in [-0.2, 0) is 11.2 Å². The number of rotatable bonds is 3. The highest BCUT2D eigenvalue weighted by Crippen LogP contribution is 2.46. The molecule has 6 rings (SSSR count). The minimum absolute atomic E-state index is 0.0563. The number of nitrogens with zero attached hydrogens (tertiary/aromatic N) is 1. The van der Waals surface area contributed by atoms with Crippen molar-refractivity contribution in [3.05, 3.63) is 59.2 Å². The minimum Gasteiger partial charge on any atom is -0.445 e. The van der Waals surface area contributed by atoms with E-state index in [1.165, 1.54) is 6.07 Å². The molecule has 3 heterocycles. The van der Waals surface area contributed by atoms with Crippen molar-refractivity contribution in [3.8, 4) is 11.1 Å². The number of benzene rings is 2. The maximum atomic E-state index is 14.3. The van der Waals surface area contributed by atoms with Gasteiger partial charge in [0.15, 0.2) is 0 Å². The third-order valence-electron chi connectivity index (χ3n) is 7.24.